The Kier molecular flexibility index (Phi) is 8.88. The number of nitrogens with one attached hydrogen (secondary N) is 3. The molecule has 0 aromatic heterocycles. The Hall–Kier alpha value is -1.64. The highest BCUT2D eigenvalue weighted by Crippen LogP contribution is 2.10. The van der Waals surface area contributed by atoms with Gasteiger partial charge in [0.25, 0.3) is 0 Å². The Bertz CT molecular complexity index is 647. The summed E-state index contributed by atoms with van der Waals surface area (Å²) in [5.41, 5.74) is 0.727. The SMILES string of the molecule is CNS(=O)(=O)c1cccc(CNC(=O)NCCCCN(C)C(C)C)c1. The number of unbranched alkanes of at least 4 members (excludes halogenated alkanes) is 1. The van der Waals surface area contributed by atoms with E-state index in [0.29, 0.717) is 12.6 Å². The van der Waals surface area contributed by atoms with Gasteiger partial charge in [0.1, 0.15) is 0 Å². The van der Waals surface area contributed by atoms with E-state index in [1.165, 1.54) is 13.1 Å². The highest BCUT2D eigenvalue weighted by atomic mass is 32.2. The van der Waals surface area contributed by atoms with E-state index in [9.17, 15) is 13.2 Å². The maximum Gasteiger partial charge on any atom is 0.315 e. The first-order valence-corrected chi connectivity index (χ1v) is 9.99. The summed E-state index contributed by atoms with van der Waals surface area (Å²) < 4.78 is 25.8. The number of benzene rings is 1. The largest absolute Gasteiger partial charge is 0.338 e. The van der Waals surface area contributed by atoms with Gasteiger partial charge in [0.05, 0.1) is 4.90 Å². The van der Waals surface area contributed by atoms with E-state index in [-0.39, 0.29) is 17.5 Å². The second-order valence-corrected chi connectivity index (χ2v) is 8.13. The summed E-state index contributed by atoms with van der Waals surface area (Å²) in [6, 6.07) is 6.77. The van der Waals surface area contributed by atoms with Gasteiger partial charge in [-0.25, -0.2) is 17.9 Å². The molecule has 0 bridgehead atoms. The minimum Gasteiger partial charge on any atom is -0.338 e. The van der Waals surface area contributed by atoms with Crippen LogP contribution in [0.15, 0.2) is 29.2 Å². The monoisotopic (exact) mass is 370 g/mol. The van der Waals surface area contributed by atoms with Crippen LogP contribution in [0.1, 0.15) is 32.3 Å². The summed E-state index contributed by atoms with van der Waals surface area (Å²) in [7, 11) is -0.0172. The molecule has 0 spiro atoms. The molecule has 0 saturated heterocycles. The van der Waals surface area contributed by atoms with Crippen molar-refractivity contribution in [2.75, 3.05) is 27.2 Å². The van der Waals surface area contributed by atoms with Crippen molar-refractivity contribution in [3.63, 3.8) is 0 Å². The van der Waals surface area contributed by atoms with Crippen LogP contribution in [-0.2, 0) is 16.6 Å². The number of nitrogens with zero attached hydrogens (tertiary/aromatic N) is 1. The van der Waals surface area contributed by atoms with Gasteiger partial charge in [0, 0.05) is 19.1 Å². The Morgan fingerprint density at radius 3 is 2.56 bits per heavy atom. The van der Waals surface area contributed by atoms with Crippen LogP contribution in [0.5, 0.6) is 0 Å². The van der Waals surface area contributed by atoms with Gasteiger partial charge in [-0.3, -0.25) is 0 Å². The standard InChI is InChI=1S/C17H30N4O3S/c1-14(2)21(4)11-6-5-10-19-17(22)20-13-15-8-7-9-16(12-15)25(23,24)18-3/h7-9,12,14,18H,5-6,10-11,13H2,1-4H3,(H2,19,20,22). The van der Waals surface area contributed by atoms with Gasteiger partial charge in [-0.1, -0.05) is 12.1 Å². The van der Waals surface area contributed by atoms with Crippen LogP contribution in [0.2, 0.25) is 0 Å². The fourth-order valence-corrected chi connectivity index (χ4v) is 2.93. The molecular weight excluding hydrogens is 340 g/mol. The second kappa shape index (κ2) is 10.4. The van der Waals surface area contributed by atoms with E-state index in [4.69, 9.17) is 0 Å². The van der Waals surface area contributed by atoms with Gasteiger partial charge in [0.15, 0.2) is 0 Å². The zero-order valence-corrected chi connectivity index (χ0v) is 16.3. The predicted molar refractivity (Wildman–Crippen MR) is 99.9 cm³/mol. The summed E-state index contributed by atoms with van der Waals surface area (Å²) in [5.74, 6) is 0. The third kappa shape index (κ3) is 7.85. The fourth-order valence-electron chi connectivity index (χ4n) is 2.13. The van der Waals surface area contributed by atoms with Crippen LogP contribution in [0.25, 0.3) is 0 Å². The van der Waals surface area contributed by atoms with Crippen molar-refractivity contribution in [3.05, 3.63) is 29.8 Å². The molecule has 7 nitrogen and oxygen atoms in total. The number of urea groups is 1. The van der Waals surface area contributed by atoms with Crippen LogP contribution >= 0.6 is 0 Å². The van der Waals surface area contributed by atoms with E-state index < -0.39 is 10.0 Å². The smallest absolute Gasteiger partial charge is 0.315 e. The highest BCUT2D eigenvalue weighted by molar-refractivity contribution is 7.89. The first kappa shape index (κ1) is 21.4. The molecule has 0 saturated carbocycles. The van der Waals surface area contributed by atoms with Gasteiger partial charge in [-0.05, 0) is 65.0 Å². The van der Waals surface area contributed by atoms with Gasteiger partial charge in [-0.15, -0.1) is 0 Å². The highest BCUT2D eigenvalue weighted by Gasteiger charge is 2.11. The lowest BCUT2D eigenvalue weighted by atomic mass is 10.2. The number of sulfonamides is 1. The lowest BCUT2D eigenvalue weighted by molar-refractivity contribution is 0.239. The second-order valence-electron chi connectivity index (χ2n) is 6.25. The van der Waals surface area contributed by atoms with Gasteiger partial charge >= 0.3 is 6.03 Å². The van der Waals surface area contributed by atoms with E-state index in [1.807, 2.05) is 0 Å². The minimum absolute atomic E-state index is 0.184. The van der Waals surface area contributed by atoms with E-state index in [1.54, 1.807) is 18.2 Å². The van der Waals surface area contributed by atoms with Crippen molar-refractivity contribution >= 4 is 16.1 Å². The predicted octanol–water partition coefficient (Wildman–Crippen LogP) is 1.51. The molecule has 25 heavy (non-hydrogen) atoms. The van der Waals surface area contributed by atoms with Crippen molar-refractivity contribution in [2.24, 2.45) is 0 Å². The van der Waals surface area contributed by atoms with Gasteiger partial charge in [-0.2, -0.15) is 0 Å². The van der Waals surface area contributed by atoms with Crippen LogP contribution in [-0.4, -0.2) is 52.6 Å². The summed E-state index contributed by atoms with van der Waals surface area (Å²) in [6.45, 7) is 6.21. The summed E-state index contributed by atoms with van der Waals surface area (Å²) >= 11 is 0. The maximum atomic E-state index is 11.8. The van der Waals surface area contributed by atoms with Crippen molar-refractivity contribution in [1.29, 1.82) is 0 Å². The minimum atomic E-state index is -3.48. The molecule has 0 radical (unpaired) electrons. The molecule has 1 aromatic carbocycles. The number of carbonyl (C=O) groups excluding carboxylic acids is 1. The molecule has 0 aliphatic rings. The number of rotatable bonds is 10. The number of hydrogen-bond acceptors (Lipinski definition) is 4. The van der Waals surface area contributed by atoms with Gasteiger partial charge < -0.3 is 15.5 Å². The average Bonchev–Trinajstić information content (AvgIpc) is 2.59. The molecule has 0 unspecified atom stereocenters. The molecule has 0 heterocycles. The summed E-state index contributed by atoms with van der Waals surface area (Å²) in [4.78, 5) is 14.3. The van der Waals surface area contributed by atoms with Crippen LogP contribution in [0, 0.1) is 0 Å². The molecule has 0 atom stereocenters. The quantitative estimate of drug-likeness (QED) is 0.545. The van der Waals surface area contributed by atoms with Crippen LogP contribution in [0.4, 0.5) is 4.79 Å². The molecule has 1 aromatic rings. The lowest BCUT2D eigenvalue weighted by Gasteiger charge is -2.20. The third-order valence-electron chi connectivity index (χ3n) is 4.04. The molecule has 142 valence electrons. The number of carbonyl (C=O) groups is 1. The summed E-state index contributed by atoms with van der Waals surface area (Å²) in [6.07, 6.45) is 1.94. The Labute approximate surface area is 151 Å². The van der Waals surface area contributed by atoms with E-state index in [0.717, 1.165) is 24.9 Å². The first-order chi connectivity index (χ1) is 11.8. The molecule has 0 aliphatic carbocycles. The van der Waals surface area contributed by atoms with Crippen LogP contribution < -0.4 is 15.4 Å². The Morgan fingerprint density at radius 1 is 1.20 bits per heavy atom. The number of hydrogen-bond donors (Lipinski definition) is 3. The van der Waals surface area contributed by atoms with Gasteiger partial charge in [0.2, 0.25) is 10.0 Å². The molecule has 2 amide bonds. The average molecular weight is 371 g/mol. The summed E-state index contributed by atoms with van der Waals surface area (Å²) in [5, 5.41) is 5.55. The van der Waals surface area contributed by atoms with Crippen molar-refractivity contribution in [2.45, 2.75) is 44.2 Å². The first-order valence-electron chi connectivity index (χ1n) is 8.50. The van der Waals surface area contributed by atoms with Crippen molar-refractivity contribution in [3.8, 4) is 0 Å². The molecule has 3 N–H and O–H groups in total. The lowest BCUT2D eigenvalue weighted by Crippen LogP contribution is -2.36. The molecule has 0 fully saturated rings. The fraction of sp³-hybridized carbons (Fsp3) is 0.588. The third-order valence-corrected chi connectivity index (χ3v) is 5.45. The van der Waals surface area contributed by atoms with Crippen LogP contribution in [0.3, 0.4) is 0 Å². The van der Waals surface area contributed by atoms with E-state index >= 15 is 0 Å². The van der Waals surface area contributed by atoms with E-state index in [2.05, 4.69) is 41.2 Å². The molecule has 1 rings (SSSR count). The normalized spacial score (nSPS) is 11.8. The Morgan fingerprint density at radius 2 is 1.92 bits per heavy atom. The number of amides is 2. The Balaban J connectivity index is 2.32. The molecule has 0 aliphatic heterocycles. The zero-order valence-electron chi connectivity index (χ0n) is 15.5. The zero-order chi connectivity index (χ0) is 18.9. The van der Waals surface area contributed by atoms with Crippen molar-refractivity contribution in [1.82, 2.24) is 20.3 Å². The molecular formula is C17H30N4O3S. The topological polar surface area (TPSA) is 90.5 Å². The van der Waals surface area contributed by atoms with Crippen molar-refractivity contribution < 1.29 is 13.2 Å². The molecule has 8 heteroatoms. The maximum absolute atomic E-state index is 11.8.